The maximum atomic E-state index is 13.3. The van der Waals surface area contributed by atoms with Crippen molar-refractivity contribution in [1.82, 2.24) is 19.1 Å². The zero-order chi connectivity index (χ0) is 21.3. The molecule has 2 aromatic rings. The summed E-state index contributed by atoms with van der Waals surface area (Å²) in [4.78, 5) is 38.7. The van der Waals surface area contributed by atoms with E-state index < -0.39 is 17.9 Å². The van der Waals surface area contributed by atoms with Crippen molar-refractivity contribution >= 4 is 22.9 Å². The summed E-state index contributed by atoms with van der Waals surface area (Å²) in [5.74, 6) is -1.02. The Labute approximate surface area is 174 Å². The van der Waals surface area contributed by atoms with Gasteiger partial charge in [-0.05, 0) is 56.8 Å². The Morgan fingerprint density at radius 3 is 2.47 bits per heavy atom. The van der Waals surface area contributed by atoms with Crippen molar-refractivity contribution in [2.24, 2.45) is 5.92 Å². The summed E-state index contributed by atoms with van der Waals surface area (Å²) in [5, 5.41) is 21.2. The van der Waals surface area contributed by atoms with Crippen molar-refractivity contribution in [3.8, 4) is 0 Å². The summed E-state index contributed by atoms with van der Waals surface area (Å²) in [6, 6.07) is 6.69. The van der Waals surface area contributed by atoms with Crippen LogP contribution < -0.4 is 5.69 Å². The second-order valence-corrected chi connectivity index (χ2v) is 8.28. The molecular formula is C21H27N4O5-. The van der Waals surface area contributed by atoms with E-state index in [2.05, 4.69) is 4.90 Å². The van der Waals surface area contributed by atoms with Gasteiger partial charge in [-0.15, -0.1) is 0 Å². The number of carboxylic acids is 1. The third-order valence-corrected chi connectivity index (χ3v) is 6.34. The number of rotatable bonds is 6. The molecule has 1 N–H and O–H groups in total. The van der Waals surface area contributed by atoms with Crippen LogP contribution in [0.25, 0.3) is 11.0 Å². The number of para-hydroxylation sites is 2. The Morgan fingerprint density at radius 2 is 1.77 bits per heavy atom. The fourth-order valence-electron chi connectivity index (χ4n) is 4.68. The zero-order valence-corrected chi connectivity index (χ0v) is 16.9. The molecule has 0 radical (unpaired) electrons. The van der Waals surface area contributed by atoms with E-state index in [1.807, 2.05) is 24.3 Å². The number of hydroxylamine groups is 2. The lowest BCUT2D eigenvalue weighted by molar-refractivity contribution is -0.137. The molecule has 0 bridgehead atoms. The molecule has 0 spiro atoms. The van der Waals surface area contributed by atoms with E-state index in [0.717, 1.165) is 31.4 Å². The standard InChI is InChI=1S/C21H27N4O5/c26-19(27)9-13-22-11-7-15(8-12-22)14-23-16-4-1-2-5-17(16)25(21(23)29)18-6-3-10-24(30)20(18)28/h1-2,4-5,15,18H,3,6-14H2,(H,26,27)/q-1. The van der Waals surface area contributed by atoms with Crippen molar-refractivity contribution in [2.75, 3.05) is 26.2 Å². The van der Waals surface area contributed by atoms with Crippen molar-refractivity contribution in [1.29, 1.82) is 0 Å². The third kappa shape index (κ3) is 3.99. The van der Waals surface area contributed by atoms with Crippen LogP contribution in [0.4, 0.5) is 0 Å². The minimum atomic E-state index is -0.787. The molecule has 2 aliphatic heterocycles. The minimum Gasteiger partial charge on any atom is -0.756 e. The number of hydrogen-bond donors (Lipinski definition) is 1. The Bertz CT molecular complexity index is 989. The van der Waals surface area contributed by atoms with Gasteiger partial charge in [0.15, 0.2) is 0 Å². The highest BCUT2D eigenvalue weighted by Gasteiger charge is 2.30. The van der Waals surface area contributed by atoms with Gasteiger partial charge >= 0.3 is 11.7 Å². The smallest absolute Gasteiger partial charge is 0.329 e. The Kier molecular flexibility index (Phi) is 5.92. The minimum absolute atomic E-state index is 0.143. The molecule has 0 aliphatic carbocycles. The van der Waals surface area contributed by atoms with Crippen LogP contribution in [0.3, 0.4) is 0 Å². The molecule has 2 saturated heterocycles. The van der Waals surface area contributed by atoms with Crippen molar-refractivity contribution < 1.29 is 14.7 Å². The molecule has 9 heteroatoms. The number of imidazole rings is 1. The molecule has 2 aliphatic rings. The van der Waals surface area contributed by atoms with Crippen LogP contribution in [0, 0.1) is 11.1 Å². The van der Waals surface area contributed by atoms with Crippen LogP contribution in [0.1, 0.15) is 38.1 Å². The molecule has 1 aromatic heterocycles. The molecule has 1 atom stereocenters. The van der Waals surface area contributed by atoms with E-state index in [1.54, 1.807) is 4.57 Å². The first-order chi connectivity index (χ1) is 14.5. The first-order valence-electron chi connectivity index (χ1n) is 10.6. The molecule has 1 amide bonds. The maximum Gasteiger partial charge on any atom is 0.329 e. The Hall–Kier alpha value is -2.65. The highest BCUT2D eigenvalue weighted by Crippen LogP contribution is 2.27. The van der Waals surface area contributed by atoms with Gasteiger partial charge in [-0.1, -0.05) is 12.1 Å². The second kappa shape index (κ2) is 8.61. The first kappa shape index (κ1) is 20.6. The molecule has 1 unspecified atom stereocenters. The predicted octanol–water partition coefficient (Wildman–Crippen LogP) is 1.65. The maximum absolute atomic E-state index is 13.3. The third-order valence-electron chi connectivity index (χ3n) is 6.34. The molecule has 0 saturated carbocycles. The molecule has 3 heterocycles. The quantitative estimate of drug-likeness (QED) is 0.768. The Balaban J connectivity index is 1.56. The fraction of sp³-hybridized carbons (Fsp3) is 0.571. The molecule has 162 valence electrons. The van der Waals surface area contributed by atoms with Gasteiger partial charge in [-0.25, -0.2) is 4.79 Å². The number of nitrogens with zero attached hydrogens (tertiary/aromatic N) is 4. The lowest BCUT2D eigenvalue weighted by Crippen LogP contribution is -2.42. The SMILES string of the molecule is O=C(O)CCN1CCC(Cn2c(=O)n(C3CCCN([O-])C3=O)c3ccccc32)CC1. The van der Waals surface area contributed by atoms with Crippen molar-refractivity contribution in [3.05, 3.63) is 40.0 Å². The summed E-state index contributed by atoms with van der Waals surface area (Å²) in [5.41, 5.74) is 1.24. The number of fused-ring (bicyclic) bond motifs is 1. The number of amides is 1. The molecule has 2 fully saturated rings. The number of carbonyl (C=O) groups excluding carboxylic acids is 1. The van der Waals surface area contributed by atoms with Crippen LogP contribution in [0.5, 0.6) is 0 Å². The number of aromatic nitrogens is 2. The van der Waals surface area contributed by atoms with E-state index in [0.29, 0.717) is 42.4 Å². The average molecular weight is 415 g/mol. The Morgan fingerprint density at radius 1 is 1.07 bits per heavy atom. The molecule has 4 rings (SSSR count). The lowest BCUT2D eigenvalue weighted by Gasteiger charge is -2.37. The van der Waals surface area contributed by atoms with Crippen molar-refractivity contribution in [3.63, 3.8) is 0 Å². The summed E-state index contributed by atoms with van der Waals surface area (Å²) in [6.07, 6.45) is 3.00. The van der Waals surface area contributed by atoms with Gasteiger partial charge in [0.05, 0.1) is 17.5 Å². The summed E-state index contributed by atoms with van der Waals surface area (Å²) in [6.45, 7) is 2.93. The van der Waals surface area contributed by atoms with Gasteiger partial charge in [0, 0.05) is 19.6 Å². The monoisotopic (exact) mass is 415 g/mol. The number of piperidine rings is 2. The first-order valence-corrected chi connectivity index (χ1v) is 10.6. The van der Waals surface area contributed by atoms with E-state index >= 15 is 0 Å². The van der Waals surface area contributed by atoms with Crippen LogP contribution in [-0.4, -0.2) is 62.3 Å². The number of carbonyl (C=O) groups is 2. The van der Waals surface area contributed by atoms with Gasteiger partial charge in [0.2, 0.25) is 5.91 Å². The second-order valence-electron chi connectivity index (χ2n) is 8.28. The van der Waals surface area contributed by atoms with Crippen LogP contribution in [-0.2, 0) is 16.1 Å². The van der Waals surface area contributed by atoms with Gasteiger partial charge in [0.1, 0.15) is 6.04 Å². The highest BCUT2D eigenvalue weighted by molar-refractivity contribution is 5.85. The van der Waals surface area contributed by atoms with Crippen LogP contribution >= 0.6 is 0 Å². The van der Waals surface area contributed by atoms with Crippen LogP contribution in [0.15, 0.2) is 29.1 Å². The van der Waals surface area contributed by atoms with Crippen LogP contribution in [0.2, 0.25) is 0 Å². The summed E-state index contributed by atoms with van der Waals surface area (Å²) < 4.78 is 3.24. The van der Waals surface area contributed by atoms with E-state index in [1.165, 1.54) is 4.57 Å². The molecule has 30 heavy (non-hydrogen) atoms. The number of likely N-dealkylation sites (tertiary alicyclic amines) is 1. The van der Waals surface area contributed by atoms with Gasteiger partial charge < -0.3 is 20.3 Å². The molecule has 1 aromatic carbocycles. The topological polar surface area (TPSA) is 111 Å². The van der Waals surface area contributed by atoms with Gasteiger partial charge in [-0.3, -0.25) is 18.7 Å². The summed E-state index contributed by atoms with van der Waals surface area (Å²) in [7, 11) is 0. The van der Waals surface area contributed by atoms with Crippen molar-refractivity contribution in [2.45, 2.75) is 44.7 Å². The fourth-order valence-corrected chi connectivity index (χ4v) is 4.68. The van der Waals surface area contributed by atoms with Gasteiger partial charge in [0.25, 0.3) is 0 Å². The van der Waals surface area contributed by atoms with E-state index in [-0.39, 0.29) is 18.7 Å². The number of benzene rings is 1. The molecular weight excluding hydrogens is 388 g/mol. The zero-order valence-electron chi connectivity index (χ0n) is 16.9. The average Bonchev–Trinajstić information content (AvgIpc) is 3.01. The van der Waals surface area contributed by atoms with E-state index in [9.17, 15) is 19.6 Å². The highest BCUT2D eigenvalue weighted by atomic mass is 16.5. The number of hydrogen-bond acceptors (Lipinski definition) is 5. The summed E-state index contributed by atoms with van der Waals surface area (Å²) >= 11 is 0. The lowest BCUT2D eigenvalue weighted by atomic mass is 9.96. The van der Waals surface area contributed by atoms with E-state index in [4.69, 9.17) is 5.11 Å². The number of aliphatic carboxylic acids is 1. The van der Waals surface area contributed by atoms with Gasteiger partial charge in [-0.2, -0.15) is 0 Å². The largest absolute Gasteiger partial charge is 0.756 e. The normalized spacial score (nSPS) is 21.4. The predicted molar refractivity (Wildman–Crippen MR) is 111 cm³/mol. The number of carboxylic acid groups (broad SMARTS) is 1. The molecule has 9 nitrogen and oxygen atoms in total.